The van der Waals surface area contributed by atoms with Crippen molar-refractivity contribution in [2.45, 2.75) is 18.9 Å². The topological polar surface area (TPSA) is 84.9 Å². The van der Waals surface area contributed by atoms with E-state index in [0.717, 1.165) is 12.8 Å². The Morgan fingerprint density at radius 1 is 1.30 bits per heavy atom. The van der Waals surface area contributed by atoms with E-state index in [-0.39, 0.29) is 5.92 Å². The molecule has 0 radical (unpaired) electrons. The van der Waals surface area contributed by atoms with E-state index >= 15 is 0 Å². The average molecular weight is 279 g/mol. The average Bonchev–Trinajstić information content (AvgIpc) is 3.27. The molecule has 0 aromatic heterocycles. The van der Waals surface area contributed by atoms with Gasteiger partial charge >= 0.3 is 5.97 Å². The molecule has 20 heavy (non-hydrogen) atoms. The third-order valence-electron chi connectivity index (χ3n) is 3.30. The fourth-order valence-electron chi connectivity index (χ4n) is 2.02. The van der Waals surface area contributed by atoms with Gasteiger partial charge in [-0.25, -0.2) is 4.79 Å². The largest absolute Gasteiger partial charge is 0.497 e. The van der Waals surface area contributed by atoms with Crippen LogP contribution in [-0.2, 0) is 4.79 Å². The number of carbonyl (C=O) groups excluding carboxylic acids is 1. The molecule has 1 amide bonds. The molecule has 1 atom stereocenters. The van der Waals surface area contributed by atoms with Crippen molar-refractivity contribution in [1.29, 1.82) is 0 Å². The molecule has 2 N–H and O–H groups in total. The lowest BCUT2D eigenvalue weighted by Gasteiger charge is -2.15. The van der Waals surface area contributed by atoms with Gasteiger partial charge in [-0.15, -0.1) is 0 Å². The zero-order valence-electron chi connectivity index (χ0n) is 11.4. The summed E-state index contributed by atoms with van der Waals surface area (Å²) in [6, 6.07) is 3.93. The summed E-state index contributed by atoms with van der Waals surface area (Å²) in [5.41, 5.74) is 0.292. The molecule has 0 saturated heterocycles. The van der Waals surface area contributed by atoms with Gasteiger partial charge in [0, 0.05) is 6.07 Å². The third-order valence-corrected chi connectivity index (χ3v) is 3.30. The van der Waals surface area contributed by atoms with Crippen LogP contribution in [0.3, 0.4) is 0 Å². The standard InChI is InChI=1S/C14H17NO5/c1-19-9-5-6-10(11(7-9)20-2)13(16)15-12(14(17)18)8-3-4-8/h5-8,12H,3-4H2,1-2H3,(H,15,16)(H,17,18). The van der Waals surface area contributed by atoms with Crippen LogP contribution in [0, 0.1) is 5.92 Å². The molecule has 1 aliphatic carbocycles. The van der Waals surface area contributed by atoms with Crippen LogP contribution in [0.25, 0.3) is 0 Å². The number of amides is 1. The fraction of sp³-hybridized carbons (Fsp3) is 0.429. The minimum Gasteiger partial charge on any atom is -0.497 e. The van der Waals surface area contributed by atoms with E-state index in [1.807, 2.05) is 0 Å². The Labute approximate surface area is 116 Å². The van der Waals surface area contributed by atoms with Crippen LogP contribution in [-0.4, -0.2) is 37.2 Å². The Hall–Kier alpha value is -2.24. The second-order valence-corrected chi connectivity index (χ2v) is 4.69. The van der Waals surface area contributed by atoms with Crippen LogP contribution in [0.5, 0.6) is 11.5 Å². The maximum Gasteiger partial charge on any atom is 0.326 e. The van der Waals surface area contributed by atoms with Crippen LogP contribution >= 0.6 is 0 Å². The highest BCUT2D eigenvalue weighted by Crippen LogP contribution is 2.33. The summed E-state index contributed by atoms with van der Waals surface area (Å²) < 4.78 is 10.2. The third kappa shape index (κ3) is 3.01. The normalized spacial score (nSPS) is 15.3. The van der Waals surface area contributed by atoms with Gasteiger partial charge in [-0.1, -0.05) is 0 Å². The molecule has 6 nitrogen and oxygen atoms in total. The summed E-state index contributed by atoms with van der Waals surface area (Å²) in [7, 11) is 2.96. The minimum atomic E-state index is -1.01. The van der Waals surface area contributed by atoms with Crippen molar-refractivity contribution in [1.82, 2.24) is 5.32 Å². The van der Waals surface area contributed by atoms with Crippen molar-refractivity contribution in [3.8, 4) is 11.5 Å². The van der Waals surface area contributed by atoms with E-state index in [1.165, 1.54) is 14.2 Å². The zero-order chi connectivity index (χ0) is 14.7. The monoisotopic (exact) mass is 279 g/mol. The van der Waals surface area contributed by atoms with Crippen molar-refractivity contribution >= 4 is 11.9 Å². The van der Waals surface area contributed by atoms with Gasteiger partial charge in [0.25, 0.3) is 5.91 Å². The van der Waals surface area contributed by atoms with Gasteiger partial charge in [0.1, 0.15) is 17.5 Å². The van der Waals surface area contributed by atoms with E-state index in [4.69, 9.17) is 14.6 Å². The number of rotatable bonds is 6. The molecule has 1 aromatic rings. The number of carboxylic acids is 1. The smallest absolute Gasteiger partial charge is 0.326 e. The molecule has 2 rings (SSSR count). The molecule has 0 heterocycles. The Morgan fingerprint density at radius 3 is 2.50 bits per heavy atom. The van der Waals surface area contributed by atoms with Crippen molar-refractivity contribution in [2.24, 2.45) is 5.92 Å². The molecule has 6 heteroatoms. The lowest BCUT2D eigenvalue weighted by Crippen LogP contribution is -2.42. The molecule has 1 unspecified atom stereocenters. The fourth-order valence-corrected chi connectivity index (χ4v) is 2.02. The van der Waals surface area contributed by atoms with Crippen molar-refractivity contribution < 1.29 is 24.2 Å². The lowest BCUT2D eigenvalue weighted by molar-refractivity contribution is -0.139. The Bertz CT molecular complexity index is 524. The second-order valence-electron chi connectivity index (χ2n) is 4.69. The molecule has 1 fully saturated rings. The van der Waals surface area contributed by atoms with Gasteiger partial charge in [-0.3, -0.25) is 4.79 Å². The van der Waals surface area contributed by atoms with E-state index in [0.29, 0.717) is 17.1 Å². The summed E-state index contributed by atoms with van der Waals surface area (Å²) in [5, 5.41) is 11.7. The Balaban J connectivity index is 2.17. The van der Waals surface area contributed by atoms with E-state index in [1.54, 1.807) is 18.2 Å². The molecule has 1 aromatic carbocycles. The van der Waals surface area contributed by atoms with E-state index < -0.39 is 17.9 Å². The summed E-state index contributed by atoms with van der Waals surface area (Å²) >= 11 is 0. The molecule has 0 spiro atoms. The predicted molar refractivity (Wildman–Crippen MR) is 71.2 cm³/mol. The van der Waals surface area contributed by atoms with Crippen LogP contribution in [0.1, 0.15) is 23.2 Å². The van der Waals surface area contributed by atoms with Crippen LogP contribution < -0.4 is 14.8 Å². The van der Waals surface area contributed by atoms with Crippen LogP contribution in [0.4, 0.5) is 0 Å². The number of nitrogens with one attached hydrogen (secondary N) is 1. The number of benzene rings is 1. The van der Waals surface area contributed by atoms with E-state index in [9.17, 15) is 9.59 Å². The Morgan fingerprint density at radius 2 is 2.00 bits per heavy atom. The summed E-state index contributed by atoms with van der Waals surface area (Å²) in [6.07, 6.45) is 1.66. The van der Waals surface area contributed by atoms with Crippen LogP contribution in [0.15, 0.2) is 18.2 Å². The van der Waals surface area contributed by atoms with Gasteiger partial charge in [0.05, 0.1) is 19.8 Å². The highest BCUT2D eigenvalue weighted by Gasteiger charge is 2.37. The minimum absolute atomic E-state index is 0.0284. The highest BCUT2D eigenvalue weighted by atomic mass is 16.5. The van der Waals surface area contributed by atoms with Gasteiger partial charge < -0.3 is 19.9 Å². The maximum atomic E-state index is 12.2. The van der Waals surface area contributed by atoms with Crippen LogP contribution in [0.2, 0.25) is 0 Å². The van der Waals surface area contributed by atoms with Crippen molar-refractivity contribution in [2.75, 3.05) is 14.2 Å². The number of aliphatic carboxylic acids is 1. The van der Waals surface area contributed by atoms with E-state index in [2.05, 4.69) is 5.32 Å². The lowest BCUT2D eigenvalue weighted by atomic mass is 10.1. The first-order chi connectivity index (χ1) is 9.56. The number of methoxy groups -OCH3 is 2. The Kier molecular flexibility index (Phi) is 4.12. The molecular formula is C14H17NO5. The number of hydrogen-bond acceptors (Lipinski definition) is 4. The number of ether oxygens (including phenoxy) is 2. The maximum absolute atomic E-state index is 12.2. The summed E-state index contributed by atoms with van der Waals surface area (Å²) in [4.78, 5) is 23.3. The molecule has 1 aliphatic rings. The zero-order valence-corrected chi connectivity index (χ0v) is 11.4. The number of hydrogen-bond donors (Lipinski definition) is 2. The van der Waals surface area contributed by atoms with Crippen molar-refractivity contribution in [3.05, 3.63) is 23.8 Å². The molecule has 1 saturated carbocycles. The molecule has 0 bridgehead atoms. The quantitative estimate of drug-likeness (QED) is 0.819. The molecule has 108 valence electrons. The first kappa shape index (κ1) is 14.2. The van der Waals surface area contributed by atoms with Gasteiger partial charge in [0.2, 0.25) is 0 Å². The number of carboxylic acid groups (broad SMARTS) is 1. The SMILES string of the molecule is COc1ccc(C(=O)NC(C(=O)O)C2CC2)c(OC)c1. The second kappa shape index (κ2) is 5.81. The summed E-state index contributed by atoms with van der Waals surface area (Å²) in [5.74, 6) is -0.519. The molecular weight excluding hydrogens is 262 g/mol. The summed E-state index contributed by atoms with van der Waals surface area (Å²) in [6.45, 7) is 0. The predicted octanol–water partition coefficient (Wildman–Crippen LogP) is 1.30. The van der Waals surface area contributed by atoms with Gasteiger partial charge in [-0.2, -0.15) is 0 Å². The van der Waals surface area contributed by atoms with Gasteiger partial charge in [-0.05, 0) is 30.9 Å². The number of carbonyl (C=O) groups is 2. The first-order valence-corrected chi connectivity index (χ1v) is 6.32. The highest BCUT2D eigenvalue weighted by molar-refractivity contribution is 5.99. The van der Waals surface area contributed by atoms with Crippen molar-refractivity contribution in [3.63, 3.8) is 0 Å². The first-order valence-electron chi connectivity index (χ1n) is 6.32. The molecule has 0 aliphatic heterocycles. The van der Waals surface area contributed by atoms with Gasteiger partial charge in [0.15, 0.2) is 0 Å².